The number of ether oxygens (including phenoxy) is 1. The predicted octanol–water partition coefficient (Wildman–Crippen LogP) is 0.712. The summed E-state index contributed by atoms with van der Waals surface area (Å²) in [4.78, 5) is 14.2. The van der Waals surface area contributed by atoms with Crippen molar-refractivity contribution in [3.8, 4) is 5.69 Å². The Bertz CT molecular complexity index is 809. The average molecular weight is 271 g/mol. The van der Waals surface area contributed by atoms with Crippen molar-refractivity contribution in [1.29, 1.82) is 0 Å². The average Bonchev–Trinajstić information content (AvgIpc) is 3.17. The molecule has 1 N–H and O–H groups in total. The SMILES string of the molecule is O=c1ccn2ncc(-n3cc(C4CCOC4)cn3)c2[nH]1. The molecule has 3 aromatic rings. The van der Waals surface area contributed by atoms with Crippen LogP contribution in [0.3, 0.4) is 0 Å². The fourth-order valence-electron chi connectivity index (χ4n) is 2.53. The fourth-order valence-corrected chi connectivity index (χ4v) is 2.53. The van der Waals surface area contributed by atoms with Crippen molar-refractivity contribution in [3.63, 3.8) is 0 Å². The first kappa shape index (κ1) is 11.4. The van der Waals surface area contributed by atoms with E-state index < -0.39 is 0 Å². The number of nitrogens with one attached hydrogen (secondary N) is 1. The van der Waals surface area contributed by atoms with E-state index in [1.54, 1.807) is 21.6 Å². The summed E-state index contributed by atoms with van der Waals surface area (Å²) in [6.07, 6.45) is 8.17. The van der Waals surface area contributed by atoms with Crippen LogP contribution in [0.15, 0.2) is 35.6 Å². The van der Waals surface area contributed by atoms with Gasteiger partial charge < -0.3 is 9.72 Å². The molecule has 20 heavy (non-hydrogen) atoms. The lowest BCUT2D eigenvalue weighted by Crippen LogP contribution is -2.07. The number of aromatic nitrogens is 5. The van der Waals surface area contributed by atoms with E-state index in [0.29, 0.717) is 11.6 Å². The van der Waals surface area contributed by atoms with Gasteiger partial charge in [0.1, 0.15) is 5.69 Å². The van der Waals surface area contributed by atoms with Gasteiger partial charge in [-0.2, -0.15) is 10.2 Å². The van der Waals surface area contributed by atoms with Crippen LogP contribution in [0.4, 0.5) is 0 Å². The van der Waals surface area contributed by atoms with Gasteiger partial charge in [0.05, 0.1) is 19.0 Å². The second-order valence-electron chi connectivity index (χ2n) is 4.91. The minimum absolute atomic E-state index is 0.157. The lowest BCUT2D eigenvalue weighted by molar-refractivity contribution is 0.194. The van der Waals surface area contributed by atoms with E-state index in [9.17, 15) is 4.79 Å². The lowest BCUT2D eigenvalue weighted by atomic mass is 10.0. The molecule has 102 valence electrons. The number of fused-ring (bicyclic) bond motifs is 1. The highest BCUT2D eigenvalue weighted by Gasteiger charge is 2.20. The number of rotatable bonds is 2. The first-order valence-electron chi connectivity index (χ1n) is 6.50. The molecule has 0 bridgehead atoms. The van der Waals surface area contributed by atoms with Gasteiger partial charge in [0.15, 0.2) is 5.65 Å². The van der Waals surface area contributed by atoms with Crippen LogP contribution >= 0.6 is 0 Å². The second kappa shape index (κ2) is 4.31. The van der Waals surface area contributed by atoms with Gasteiger partial charge in [0.2, 0.25) is 0 Å². The zero-order chi connectivity index (χ0) is 13.5. The van der Waals surface area contributed by atoms with Crippen LogP contribution in [-0.2, 0) is 4.74 Å². The highest BCUT2D eigenvalue weighted by atomic mass is 16.5. The molecule has 1 saturated heterocycles. The Kier molecular flexibility index (Phi) is 2.46. The molecule has 1 aliphatic heterocycles. The number of nitrogens with zero attached hydrogens (tertiary/aromatic N) is 4. The van der Waals surface area contributed by atoms with E-state index in [2.05, 4.69) is 15.2 Å². The molecule has 4 heterocycles. The molecule has 1 aliphatic rings. The minimum Gasteiger partial charge on any atom is -0.381 e. The fraction of sp³-hybridized carbons (Fsp3) is 0.308. The van der Waals surface area contributed by atoms with E-state index in [-0.39, 0.29) is 5.56 Å². The summed E-state index contributed by atoms with van der Waals surface area (Å²) in [5.74, 6) is 0.407. The van der Waals surface area contributed by atoms with Gasteiger partial charge in [-0.3, -0.25) is 4.79 Å². The van der Waals surface area contributed by atoms with Crippen molar-refractivity contribution in [2.24, 2.45) is 0 Å². The number of aromatic amines is 1. The monoisotopic (exact) mass is 271 g/mol. The van der Waals surface area contributed by atoms with Crippen molar-refractivity contribution in [2.45, 2.75) is 12.3 Å². The van der Waals surface area contributed by atoms with E-state index >= 15 is 0 Å². The second-order valence-corrected chi connectivity index (χ2v) is 4.91. The highest BCUT2D eigenvalue weighted by Crippen LogP contribution is 2.25. The van der Waals surface area contributed by atoms with Gasteiger partial charge in [-0.15, -0.1) is 0 Å². The Labute approximate surface area is 113 Å². The van der Waals surface area contributed by atoms with E-state index in [4.69, 9.17) is 4.74 Å². The minimum atomic E-state index is -0.157. The van der Waals surface area contributed by atoms with E-state index in [1.807, 2.05) is 12.4 Å². The third-order valence-electron chi connectivity index (χ3n) is 3.64. The predicted molar refractivity (Wildman–Crippen MR) is 71.1 cm³/mol. The summed E-state index contributed by atoms with van der Waals surface area (Å²) in [7, 11) is 0. The summed E-state index contributed by atoms with van der Waals surface area (Å²) in [6.45, 7) is 1.55. The standard InChI is InChI=1S/C13H13N5O2/c19-12-1-3-17-13(16-12)11(6-15-17)18-7-10(5-14-18)9-2-4-20-8-9/h1,3,5-7,9H,2,4,8H2,(H,16,19). The molecule has 0 aromatic carbocycles. The molecule has 1 unspecified atom stereocenters. The van der Waals surface area contributed by atoms with E-state index in [0.717, 1.165) is 30.9 Å². The van der Waals surface area contributed by atoms with E-state index in [1.165, 1.54) is 6.07 Å². The maximum Gasteiger partial charge on any atom is 0.251 e. The summed E-state index contributed by atoms with van der Waals surface area (Å²) >= 11 is 0. The van der Waals surface area contributed by atoms with Crippen LogP contribution in [0.2, 0.25) is 0 Å². The zero-order valence-electron chi connectivity index (χ0n) is 10.7. The van der Waals surface area contributed by atoms with Crippen molar-refractivity contribution in [2.75, 3.05) is 13.2 Å². The topological polar surface area (TPSA) is 77.2 Å². The molecule has 1 atom stereocenters. The van der Waals surface area contributed by atoms with Crippen molar-refractivity contribution in [1.82, 2.24) is 24.4 Å². The smallest absolute Gasteiger partial charge is 0.251 e. The normalized spacial score (nSPS) is 18.9. The van der Waals surface area contributed by atoms with Gasteiger partial charge in [-0.1, -0.05) is 0 Å². The quantitative estimate of drug-likeness (QED) is 0.744. The maximum absolute atomic E-state index is 11.4. The van der Waals surface area contributed by atoms with Crippen LogP contribution in [0.5, 0.6) is 0 Å². The molecule has 0 aliphatic carbocycles. The number of hydrogen-bond donors (Lipinski definition) is 1. The molecule has 0 amide bonds. The molecule has 7 nitrogen and oxygen atoms in total. The third-order valence-corrected chi connectivity index (χ3v) is 3.64. The molecule has 0 radical (unpaired) electrons. The molecule has 4 rings (SSSR count). The Morgan fingerprint density at radius 2 is 2.30 bits per heavy atom. The van der Waals surface area contributed by atoms with Gasteiger partial charge in [0, 0.05) is 31.0 Å². The first-order chi connectivity index (χ1) is 9.81. The largest absolute Gasteiger partial charge is 0.381 e. The molecule has 0 spiro atoms. The molecule has 0 saturated carbocycles. The van der Waals surface area contributed by atoms with Gasteiger partial charge >= 0.3 is 0 Å². The van der Waals surface area contributed by atoms with Crippen LogP contribution in [0.25, 0.3) is 11.3 Å². The van der Waals surface area contributed by atoms with Crippen LogP contribution in [0, 0.1) is 0 Å². The summed E-state index contributed by atoms with van der Waals surface area (Å²) in [6, 6.07) is 1.44. The van der Waals surface area contributed by atoms with Crippen LogP contribution in [-0.4, -0.2) is 37.6 Å². The molecule has 1 fully saturated rings. The first-order valence-corrected chi connectivity index (χ1v) is 6.50. The van der Waals surface area contributed by atoms with Gasteiger partial charge in [-0.25, -0.2) is 9.20 Å². The van der Waals surface area contributed by atoms with Crippen molar-refractivity contribution < 1.29 is 4.74 Å². The lowest BCUT2D eigenvalue weighted by Gasteiger charge is -2.02. The number of H-pyrrole nitrogens is 1. The molecular formula is C13H13N5O2. The highest BCUT2D eigenvalue weighted by molar-refractivity contribution is 5.57. The Hall–Kier alpha value is -2.41. The molecule has 3 aromatic heterocycles. The van der Waals surface area contributed by atoms with Crippen LogP contribution < -0.4 is 5.56 Å². The zero-order valence-corrected chi connectivity index (χ0v) is 10.7. The maximum atomic E-state index is 11.4. The Morgan fingerprint density at radius 3 is 3.15 bits per heavy atom. The Balaban J connectivity index is 1.79. The van der Waals surface area contributed by atoms with Gasteiger partial charge in [-0.05, 0) is 12.0 Å². The summed E-state index contributed by atoms with van der Waals surface area (Å²) in [5, 5.41) is 8.57. The molecule has 7 heteroatoms. The Morgan fingerprint density at radius 1 is 1.35 bits per heavy atom. The van der Waals surface area contributed by atoms with Crippen LogP contribution in [0.1, 0.15) is 17.9 Å². The molecular weight excluding hydrogens is 258 g/mol. The third kappa shape index (κ3) is 1.75. The van der Waals surface area contributed by atoms with Gasteiger partial charge in [0.25, 0.3) is 5.56 Å². The summed E-state index contributed by atoms with van der Waals surface area (Å²) in [5.41, 5.74) is 2.39. The van der Waals surface area contributed by atoms with Crippen molar-refractivity contribution in [3.05, 3.63) is 46.8 Å². The summed E-state index contributed by atoms with van der Waals surface area (Å²) < 4.78 is 8.76. The number of hydrogen-bond acceptors (Lipinski definition) is 4. The van der Waals surface area contributed by atoms with Crippen molar-refractivity contribution >= 4 is 5.65 Å².